The summed E-state index contributed by atoms with van der Waals surface area (Å²) in [5.41, 5.74) is 1.17. The minimum Gasteiger partial charge on any atom is -0.329 e. The highest BCUT2D eigenvalue weighted by Crippen LogP contribution is 2.29. The number of hydrogen-bond acceptors (Lipinski definition) is 5. The van der Waals surface area contributed by atoms with Gasteiger partial charge in [0.2, 0.25) is 5.82 Å². The summed E-state index contributed by atoms with van der Waals surface area (Å²) in [6.45, 7) is 0. The highest BCUT2D eigenvalue weighted by molar-refractivity contribution is 5.77. The van der Waals surface area contributed by atoms with E-state index in [1.54, 1.807) is 36.4 Å². The fourth-order valence-electron chi connectivity index (χ4n) is 2.48. The van der Waals surface area contributed by atoms with E-state index in [0.717, 1.165) is 0 Å². The predicted octanol–water partition coefficient (Wildman–Crippen LogP) is 3.45. The Balaban J connectivity index is 1.72. The van der Waals surface area contributed by atoms with Gasteiger partial charge in [0.05, 0.1) is 16.6 Å². The highest BCUT2D eigenvalue weighted by atomic mass is 19.4. The van der Waals surface area contributed by atoms with Crippen molar-refractivity contribution in [2.45, 2.75) is 6.18 Å². The summed E-state index contributed by atoms with van der Waals surface area (Å²) in [4.78, 5) is 20.1. The second kappa shape index (κ2) is 5.80. The number of halogens is 3. The van der Waals surface area contributed by atoms with Gasteiger partial charge in [0, 0.05) is 5.56 Å². The van der Waals surface area contributed by atoms with E-state index in [1.165, 1.54) is 23.0 Å². The Kier molecular flexibility index (Phi) is 3.57. The summed E-state index contributed by atoms with van der Waals surface area (Å²) in [6, 6.07) is 13.1. The molecule has 130 valence electrons. The zero-order valence-corrected chi connectivity index (χ0v) is 12.9. The smallest absolute Gasteiger partial charge is 0.329 e. The summed E-state index contributed by atoms with van der Waals surface area (Å²) >= 11 is 0. The first-order valence-corrected chi connectivity index (χ1v) is 7.41. The molecular formula is C17H9F3N4O2. The second-order valence-corrected chi connectivity index (χ2v) is 5.40. The molecule has 0 saturated carbocycles. The Labute approximate surface area is 143 Å². The van der Waals surface area contributed by atoms with Crippen molar-refractivity contribution >= 4 is 10.9 Å². The lowest BCUT2D eigenvalue weighted by molar-refractivity contribution is -0.159. The molecule has 0 aliphatic rings. The zero-order chi connectivity index (χ0) is 18.3. The topological polar surface area (TPSA) is 73.8 Å². The van der Waals surface area contributed by atoms with Crippen LogP contribution in [0.2, 0.25) is 0 Å². The van der Waals surface area contributed by atoms with Gasteiger partial charge in [-0.2, -0.15) is 18.2 Å². The van der Waals surface area contributed by atoms with Gasteiger partial charge in [0.15, 0.2) is 0 Å². The van der Waals surface area contributed by atoms with Crippen LogP contribution in [0.3, 0.4) is 0 Å². The molecule has 0 N–H and O–H groups in total. The molecule has 0 aliphatic carbocycles. The van der Waals surface area contributed by atoms with Crippen LogP contribution in [0.25, 0.3) is 28.0 Å². The maximum absolute atomic E-state index is 12.6. The van der Waals surface area contributed by atoms with Crippen molar-refractivity contribution in [1.82, 2.24) is 19.7 Å². The molecule has 2 aromatic carbocycles. The zero-order valence-electron chi connectivity index (χ0n) is 12.9. The van der Waals surface area contributed by atoms with Gasteiger partial charge >= 0.3 is 12.1 Å². The normalized spacial score (nSPS) is 11.8. The number of hydrogen-bond donors (Lipinski definition) is 0. The minimum atomic E-state index is -4.70. The molecule has 0 unspecified atom stereocenters. The fourth-order valence-corrected chi connectivity index (χ4v) is 2.48. The van der Waals surface area contributed by atoms with Crippen LogP contribution in [0.15, 0.2) is 64.2 Å². The van der Waals surface area contributed by atoms with E-state index in [2.05, 4.69) is 19.6 Å². The maximum Gasteiger partial charge on any atom is 0.471 e. The average molecular weight is 358 g/mol. The lowest BCUT2D eigenvalue weighted by atomic mass is 10.2. The molecule has 0 saturated heterocycles. The van der Waals surface area contributed by atoms with Crippen LogP contribution >= 0.6 is 0 Å². The van der Waals surface area contributed by atoms with Gasteiger partial charge in [-0.05, 0) is 36.4 Å². The lowest BCUT2D eigenvalue weighted by Crippen LogP contribution is -2.18. The third-order valence-electron chi connectivity index (χ3n) is 3.74. The molecule has 0 atom stereocenters. The van der Waals surface area contributed by atoms with Gasteiger partial charge in [0.25, 0.3) is 5.56 Å². The van der Waals surface area contributed by atoms with Crippen LogP contribution in [0, 0.1) is 0 Å². The van der Waals surface area contributed by atoms with E-state index in [4.69, 9.17) is 0 Å². The van der Waals surface area contributed by atoms with Crippen molar-refractivity contribution in [3.63, 3.8) is 0 Å². The number of aromatic nitrogens is 4. The van der Waals surface area contributed by atoms with Crippen LogP contribution < -0.4 is 5.56 Å². The van der Waals surface area contributed by atoms with Crippen LogP contribution in [0.5, 0.6) is 0 Å². The van der Waals surface area contributed by atoms with Gasteiger partial charge in [-0.25, -0.2) is 4.98 Å². The summed E-state index contributed by atoms with van der Waals surface area (Å²) < 4.78 is 43.2. The van der Waals surface area contributed by atoms with E-state index in [1.807, 2.05) is 0 Å². The molecule has 0 spiro atoms. The number of fused-ring (bicyclic) bond motifs is 1. The third kappa shape index (κ3) is 2.73. The standard InChI is InChI=1S/C17H9F3N4O2/c18-17(19,20)16-22-14(23-26-16)10-5-7-11(8-6-10)24-9-21-13-4-2-1-3-12(13)15(24)25/h1-9H. The number of nitrogens with zero attached hydrogens (tertiary/aromatic N) is 4. The summed E-state index contributed by atoms with van der Waals surface area (Å²) in [7, 11) is 0. The van der Waals surface area contributed by atoms with Crippen LogP contribution in [0.4, 0.5) is 13.2 Å². The molecule has 6 nitrogen and oxygen atoms in total. The van der Waals surface area contributed by atoms with Gasteiger partial charge < -0.3 is 4.52 Å². The summed E-state index contributed by atoms with van der Waals surface area (Å²) in [6.07, 6.45) is -3.30. The Morgan fingerprint density at radius 2 is 1.73 bits per heavy atom. The van der Waals surface area contributed by atoms with E-state index < -0.39 is 12.1 Å². The molecule has 0 aliphatic heterocycles. The highest BCUT2D eigenvalue weighted by Gasteiger charge is 2.38. The monoisotopic (exact) mass is 358 g/mol. The fraction of sp³-hybridized carbons (Fsp3) is 0.0588. The van der Waals surface area contributed by atoms with Crippen molar-refractivity contribution in [2.24, 2.45) is 0 Å². The molecular weight excluding hydrogens is 349 g/mol. The largest absolute Gasteiger partial charge is 0.471 e. The Morgan fingerprint density at radius 3 is 2.42 bits per heavy atom. The quantitative estimate of drug-likeness (QED) is 0.549. The molecule has 0 bridgehead atoms. The first-order valence-electron chi connectivity index (χ1n) is 7.41. The number of para-hydroxylation sites is 1. The third-order valence-corrected chi connectivity index (χ3v) is 3.74. The lowest BCUT2D eigenvalue weighted by Gasteiger charge is -2.07. The molecule has 4 aromatic rings. The SMILES string of the molecule is O=c1c2ccccc2ncn1-c1ccc(-c2noc(C(F)(F)F)n2)cc1. The van der Waals surface area contributed by atoms with E-state index in [-0.39, 0.29) is 11.4 Å². The van der Waals surface area contributed by atoms with Crippen LogP contribution in [-0.2, 0) is 6.18 Å². The van der Waals surface area contributed by atoms with Gasteiger partial charge in [-0.15, -0.1) is 0 Å². The first-order chi connectivity index (χ1) is 12.4. The molecule has 4 rings (SSSR count). The maximum atomic E-state index is 12.6. The van der Waals surface area contributed by atoms with Crippen molar-refractivity contribution in [1.29, 1.82) is 0 Å². The number of alkyl halides is 3. The summed E-state index contributed by atoms with van der Waals surface area (Å²) in [5, 5.41) is 3.79. The van der Waals surface area contributed by atoms with Crippen LogP contribution in [0.1, 0.15) is 5.89 Å². The average Bonchev–Trinajstić information content (AvgIpc) is 3.13. The Hall–Kier alpha value is -3.49. The molecule has 0 radical (unpaired) electrons. The predicted molar refractivity (Wildman–Crippen MR) is 85.6 cm³/mol. The van der Waals surface area contributed by atoms with E-state index >= 15 is 0 Å². The van der Waals surface area contributed by atoms with Crippen molar-refractivity contribution in [2.75, 3.05) is 0 Å². The molecule has 26 heavy (non-hydrogen) atoms. The van der Waals surface area contributed by atoms with Crippen molar-refractivity contribution < 1.29 is 17.7 Å². The summed E-state index contributed by atoms with van der Waals surface area (Å²) in [5.74, 6) is -1.60. The number of rotatable bonds is 2. The minimum absolute atomic E-state index is 0.187. The van der Waals surface area contributed by atoms with Gasteiger partial charge in [0.1, 0.15) is 6.33 Å². The number of benzene rings is 2. The van der Waals surface area contributed by atoms with Gasteiger partial charge in [-0.1, -0.05) is 17.3 Å². The Morgan fingerprint density at radius 1 is 1.00 bits per heavy atom. The molecule has 0 fully saturated rings. The molecule has 2 heterocycles. The molecule has 2 aromatic heterocycles. The molecule has 9 heteroatoms. The van der Waals surface area contributed by atoms with Crippen molar-refractivity contribution in [3.8, 4) is 17.1 Å². The van der Waals surface area contributed by atoms with Crippen molar-refractivity contribution in [3.05, 3.63) is 71.1 Å². The molecule has 0 amide bonds. The van der Waals surface area contributed by atoms with Gasteiger partial charge in [-0.3, -0.25) is 9.36 Å². The first kappa shape index (κ1) is 16.0. The second-order valence-electron chi connectivity index (χ2n) is 5.40. The van der Waals surface area contributed by atoms with Crippen LogP contribution in [-0.4, -0.2) is 19.7 Å². The van der Waals surface area contributed by atoms with E-state index in [0.29, 0.717) is 22.2 Å². The Bertz CT molecular complexity index is 1150. The van der Waals surface area contributed by atoms with E-state index in [9.17, 15) is 18.0 Å².